The van der Waals surface area contributed by atoms with Gasteiger partial charge in [0.15, 0.2) is 0 Å². The molecule has 0 heteroatoms. The number of rotatable bonds is 3. The first-order valence-corrected chi connectivity index (χ1v) is 8.68. The van der Waals surface area contributed by atoms with Crippen molar-refractivity contribution in [2.75, 3.05) is 0 Å². The van der Waals surface area contributed by atoms with Crippen LogP contribution >= 0.6 is 0 Å². The average molecular weight is 310 g/mol. The third kappa shape index (κ3) is 2.69. The molecule has 0 saturated heterocycles. The summed E-state index contributed by atoms with van der Waals surface area (Å²) in [6.07, 6.45) is 2.15. The zero-order chi connectivity index (χ0) is 16.5. The summed E-state index contributed by atoms with van der Waals surface area (Å²) in [4.78, 5) is 0. The standard InChI is InChI=1S/C24H22/c1-17-12-13-20-7-4-8-21(24(20)16-17)15-14-19-9-5-10-22-18(2)6-3-11-23(19)22/h3-13,16H,14-15H2,1-2H3. The highest BCUT2D eigenvalue weighted by atomic mass is 14.1. The molecule has 4 aromatic rings. The van der Waals surface area contributed by atoms with Crippen LogP contribution in [0.15, 0.2) is 72.8 Å². The zero-order valence-electron chi connectivity index (χ0n) is 14.3. The largest absolute Gasteiger partial charge is 0.0614 e. The topological polar surface area (TPSA) is 0 Å². The maximum Gasteiger partial charge on any atom is -0.0149 e. The van der Waals surface area contributed by atoms with E-state index in [4.69, 9.17) is 0 Å². The van der Waals surface area contributed by atoms with Crippen molar-refractivity contribution < 1.29 is 0 Å². The third-order valence-electron chi connectivity index (χ3n) is 5.02. The van der Waals surface area contributed by atoms with Gasteiger partial charge in [-0.25, -0.2) is 0 Å². The molecule has 4 rings (SSSR count). The van der Waals surface area contributed by atoms with Crippen molar-refractivity contribution >= 4 is 21.5 Å². The summed E-state index contributed by atoms with van der Waals surface area (Å²) in [5.74, 6) is 0. The molecular weight excluding hydrogens is 288 g/mol. The molecule has 0 aliphatic heterocycles. The first-order chi connectivity index (χ1) is 11.7. The Kier molecular flexibility index (Phi) is 3.82. The summed E-state index contributed by atoms with van der Waals surface area (Å²) in [7, 11) is 0. The second-order valence-corrected chi connectivity index (χ2v) is 6.73. The predicted octanol–water partition coefficient (Wildman–Crippen LogP) is 6.40. The van der Waals surface area contributed by atoms with Crippen LogP contribution in [0.25, 0.3) is 21.5 Å². The summed E-state index contributed by atoms with van der Waals surface area (Å²) in [6, 6.07) is 26.7. The number of hydrogen-bond donors (Lipinski definition) is 0. The molecule has 0 N–H and O–H groups in total. The van der Waals surface area contributed by atoms with Gasteiger partial charge in [0, 0.05) is 0 Å². The van der Waals surface area contributed by atoms with Crippen molar-refractivity contribution in [2.24, 2.45) is 0 Å². The maximum absolute atomic E-state index is 2.32. The van der Waals surface area contributed by atoms with E-state index in [-0.39, 0.29) is 0 Å². The Morgan fingerprint density at radius 3 is 2.08 bits per heavy atom. The third-order valence-corrected chi connectivity index (χ3v) is 5.02. The molecule has 0 heterocycles. The van der Waals surface area contributed by atoms with Crippen LogP contribution in [0.1, 0.15) is 22.3 Å². The van der Waals surface area contributed by atoms with Crippen molar-refractivity contribution in [3.63, 3.8) is 0 Å². The molecule has 0 spiro atoms. The van der Waals surface area contributed by atoms with Crippen molar-refractivity contribution in [3.05, 3.63) is 95.1 Å². The second-order valence-electron chi connectivity index (χ2n) is 6.73. The average Bonchev–Trinajstić information content (AvgIpc) is 2.60. The monoisotopic (exact) mass is 310 g/mol. The number of aryl methyl sites for hydroxylation is 4. The van der Waals surface area contributed by atoms with Crippen LogP contribution in [0.4, 0.5) is 0 Å². The molecule has 0 aliphatic rings. The molecule has 4 aromatic carbocycles. The maximum atomic E-state index is 2.32. The molecule has 0 unspecified atom stereocenters. The van der Waals surface area contributed by atoms with E-state index in [9.17, 15) is 0 Å². The predicted molar refractivity (Wildman–Crippen MR) is 105 cm³/mol. The number of benzene rings is 4. The van der Waals surface area contributed by atoms with Crippen molar-refractivity contribution in [2.45, 2.75) is 26.7 Å². The van der Waals surface area contributed by atoms with Crippen molar-refractivity contribution in [1.82, 2.24) is 0 Å². The van der Waals surface area contributed by atoms with E-state index in [2.05, 4.69) is 86.6 Å². The quantitative estimate of drug-likeness (QED) is 0.411. The Balaban J connectivity index is 1.71. The van der Waals surface area contributed by atoms with Crippen LogP contribution in [0, 0.1) is 13.8 Å². The first kappa shape index (κ1) is 15.0. The summed E-state index contributed by atoms with van der Waals surface area (Å²) >= 11 is 0. The van der Waals surface area contributed by atoms with Gasteiger partial charge in [0.25, 0.3) is 0 Å². The highest BCUT2D eigenvalue weighted by Crippen LogP contribution is 2.25. The lowest BCUT2D eigenvalue weighted by Gasteiger charge is -2.11. The van der Waals surface area contributed by atoms with Crippen molar-refractivity contribution in [3.8, 4) is 0 Å². The lowest BCUT2D eigenvalue weighted by atomic mass is 9.94. The lowest BCUT2D eigenvalue weighted by molar-refractivity contribution is 0.978. The Labute approximate surface area is 143 Å². The molecule has 0 fully saturated rings. The minimum absolute atomic E-state index is 1.08. The Hall–Kier alpha value is -2.60. The van der Waals surface area contributed by atoms with Crippen LogP contribution in [0.2, 0.25) is 0 Å². The van der Waals surface area contributed by atoms with Gasteiger partial charge < -0.3 is 0 Å². The van der Waals surface area contributed by atoms with E-state index in [0.29, 0.717) is 0 Å². The van der Waals surface area contributed by atoms with Gasteiger partial charge in [-0.3, -0.25) is 0 Å². The normalized spacial score (nSPS) is 11.2. The minimum atomic E-state index is 1.08. The lowest BCUT2D eigenvalue weighted by Crippen LogP contribution is -1.94. The van der Waals surface area contributed by atoms with Crippen molar-refractivity contribution in [1.29, 1.82) is 0 Å². The van der Waals surface area contributed by atoms with Gasteiger partial charge in [-0.2, -0.15) is 0 Å². The van der Waals surface area contributed by atoms with Crippen LogP contribution in [0.5, 0.6) is 0 Å². The second kappa shape index (κ2) is 6.13. The summed E-state index contributed by atoms with van der Waals surface area (Å²) in [5, 5.41) is 5.51. The van der Waals surface area contributed by atoms with E-state index in [1.54, 1.807) is 0 Å². The molecule has 118 valence electrons. The van der Waals surface area contributed by atoms with Gasteiger partial charge in [-0.05, 0) is 64.9 Å². The molecular formula is C24H22. The smallest absolute Gasteiger partial charge is 0.0149 e. The molecule has 0 radical (unpaired) electrons. The van der Waals surface area contributed by atoms with Gasteiger partial charge in [0.05, 0.1) is 0 Å². The number of hydrogen-bond acceptors (Lipinski definition) is 0. The molecule has 0 saturated carbocycles. The zero-order valence-corrected chi connectivity index (χ0v) is 14.3. The summed E-state index contributed by atoms with van der Waals surface area (Å²) < 4.78 is 0. The molecule has 0 aliphatic carbocycles. The SMILES string of the molecule is Cc1ccc2cccc(CCc3cccc4c(C)cccc34)c2c1. The fourth-order valence-electron chi connectivity index (χ4n) is 3.69. The van der Waals surface area contributed by atoms with E-state index >= 15 is 0 Å². The summed E-state index contributed by atoms with van der Waals surface area (Å²) in [5.41, 5.74) is 5.58. The Morgan fingerprint density at radius 1 is 0.583 bits per heavy atom. The Morgan fingerprint density at radius 2 is 1.25 bits per heavy atom. The molecule has 0 nitrogen and oxygen atoms in total. The molecule has 24 heavy (non-hydrogen) atoms. The van der Waals surface area contributed by atoms with Crippen LogP contribution in [-0.4, -0.2) is 0 Å². The fourth-order valence-corrected chi connectivity index (χ4v) is 3.69. The molecule has 0 aromatic heterocycles. The Bertz CT molecular complexity index is 1010. The highest BCUT2D eigenvalue weighted by Gasteiger charge is 2.05. The van der Waals surface area contributed by atoms with E-state index < -0.39 is 0 Å². The molecule has 0 amide bonds. The van der Waals surface area contributed by atoms with E-state index in [0.717, 1.165) is 12.8 Å². The highest BCUT2D eigenvalue weighted by molar-refractivity contribution is 5.89. The van der Waals surface area contributed by atoms with Crippen LogP contribution < -0.4 is 0 Å². The van der Waals surface area contributed by atoms with E-state index in [1.165, 1.54) is 43.8 Å². The van der Waals surface area contributed by atoms with Gasteiger partial charge in [0.2, 0.25) is 0 Å². The van der Waals surface area contributed by atoms with Gasteiger partial charge in [-0.15, -0.1) is 0 Å². The fraction of sp³-hybridized carbons (Fsp3) is 0.167. The van der Waals surface area contributed by atoms with Gasteiger partial charge in [-0.1, -0.05) is 78.4 Å². The van der Waals surface area contributed by atoms with E-state index in [1.807, 2.05) is 0 Å². The van der Waals surface area contributed by atoms with Crippen LogP contribution in [-0.2, 0) is 12.8 Å². The molecule has 0 bridgehead atoms. The van der Waals surface area contributed by atoms with Gasteiger partial charge >= 0.3 is 0 Å². The first-order valence-electron chi connectivity index (χ1n) is 8.68. The van der Waals surface area contributed by atoms with Gasteiger partial charge in [0.1, 0.15) is 0 Å². The van der Waals surface area contributed by atoms with Crippen LogP contribution in [0.3, 0.4) is 0 Å². The minimum Gasteiger partial charge on any atom is -0.0614 e. The summed E-state index contributed by atoms with van der Waals surface area (Å²) in [6.45, 7) is 4.36. The number of fused-ring (bicyclic) bond motifs is 2. The molecule has 0 atom stereocenters.